The van der Waals surface area contributed by atoms with Crippen molar-refractivity contribution in [2.24, 2.45) is 0 Å². The summed E-state index contributed by atoms with van der Waals surface area (Å²) in [4.78, 5) is 17.3. The lowest BCUT2D eigenvalue weighted by Gasteiger charge is -2.25. The van der Waals surface area contributed by atoms with Crippen molar-refractivity contribution in [3.05, 3.63) is 206 Å². The van der Waals surface area contributed by atoms with Crippen LogP contribution in [0.25, 0.3) is 78.4 Å². The van der Waals surface area contributed by atoms with Gasteiger partial charge in [-0.15, -0.1) is 0 Å². The van der Waals surface area contributed by atoms with Gasteiger partial charge in [0.15, 0.2) is 17.5 Å². The molecule has 0 aliphatic heterocycles. The van der Waals surface area contributed by atoms with Crippen molar-refractivity contribution < 1.29 is 4.42 Å². The minimum Gasteiger partial charge on any atom is -0.456 e. The molecule has 0 fully saturated rings. The fraction of sp³-hybridized carbons (Fsp3) is 0. The summed E-state index contributed by atoms with van der Waals surface area (Å²) in [5.41, 5.74) is 11.9. The monoisotopic (exact) mass is 718 g/mol. The van der Waals surface area contributed by atoms with Gasteiger partial charge in [-0.3, -0.25) is 0 Å². The molecule has 2 heterocycles. The summed E-state index contributed by atoms with van der Waals surface area (Å²) in [6, 6.07) is 70.9. The number of para-hydroxylation sites is 1. The number of hydrogen-bond donors (Lipinski definition) is 0. The first-order valence-electron chi connectivity index (χ1n) is 18.7. The van der Waals surface area contributed by atoms with Gasteiger partial charge in [0.25, 0.3) is 0 Å². The second-order valence-corrected chi connectivity index (χ2v) is 13.6. The zero-order valence-electron chi connectivity index (χ0n) is 30.3. The van der Waals surface area contributed by atoms with Gasteiger partial charge < -0.3 is 9.32 Å². The van der Waals surface area contributed by atoms with Crippen LogP contribution in [-0.2, 0) is 0 Å². The molecule has 0 saturated heterocycles. The van der Waals surface area contributed by atoms with Crippen molar-refractivity contribution in [1.82, 2.24) is 15.0 Å². The van der Waals surface area contributed by atoms with Crippen LogP contribution in [-0.4, -0.2) is 15.0 Å². The average molecular weight is 719 g/mol. The summed E-state index contributed by atoms with van der Waals surface area (Å²) in [5.74, 6) is 1.86. The maximum Gasteiger partial charge on any atom is 0.164 e. The third kappa shape index (κ3) is 6.17. The van der Waals surface area contributed by atoms with E-state index in [0.29, 0.717) is 17.5 Å². The SMILES string of the molecule is c1ccc(-c2ccc(N(c3ccccc3)c3ccc4c(c3)oc3cccc(-c5ccccc5-c5nc(-c6ccccc6)nc(-c6ccccc6)n5)c34)cc2)cc1. The fourth-order valence-electron chi connectivity index (χ4n) is 7.48. The molecule has 0 N–H and O–H groups in total. The van der Waals surface area contributed by atoms with Gasteiger partial charge in [0.2, 0.25) is 0 Å². The number of furan rings is 1. The first-order chi connectivity index (χ1) is 27.8. The van der Waals surface area contributed by atoms with Crippen molar-refractivity contribution in [3.63, 3.8) is 0 Å². The van der Waals surface area contributed by atoms with Crippen LogP contribution in [0.4, 0.5) is 17.1 Å². The lowest BCUT2D eigenvalue weighted by Crippen LogP contribution is -2.09. The van der Waals surface area contributed by atoms with Crippen LogP contribution in [0, 0.1) is 0 Å². The maximum absolute atomic E-state index is 6.69. The standard InChI is InChI=1S/C51H34N4O/c1-5-16-35(17-6-1)36-28-30-40(31-29-36)55(39-22-11-4-12-23-39)41-32-33-45-47(34-41)56-46-27-15-26-43(48(45)46)42-24-13-14-25-44(42)51-53-49(37-18-7-2-8-19-37)52-50(54-51)38-20-9-3-10-21-38/h1-34H. The normalized spacial score (nSPS) is 11.2. The van der Waals surface area contributed by atoms with E-state index >= 15 is 0 Å². The first-order valence-corrected chi connectivity index (χ1v) is 18.7. The highest BCUT2D eigenvalue weighted by Gasteiger charge is 2.20. The topological polar surface area (TPSA) is 55.1 Å². The van der Waals surface area contributed by atoms with Crippen LogP contribution in [0.3, 0.4) is 0 Å². The highest BCUT2D eigenvalue weighted by atomic mass is 16.3. The Hall–Kier alpha value is -7.63. The Morgan fingerprint density at radius 2 is 0.804 bits per heavy atom. The highest BCUT2D eigenvalue weighted by molar-refractivity contribution is 6.14. The van der Waals surface area contributed by atoms with Crippen LogP contribution < -0.4 is 4.90 Å². The van der Waals surface area contributed by atoms with Gasteiger partial charge in [-0.25, -0.2) is 15.0 Å². The average Bonchev–Trinajstić information content (AvgIpc) is 3.66. The molecule has 0 bridgehead atoms. The molecule has 264 valence electrons. The number of hydrogen-bond acceptors (Lipinski definition) is 5. The maximum atomic E-state index is 6.69. The third-order valence-corrected chi connectivity index (χ3v) is 10.1. The first kappa shape index (κ1) is 33.0. The third-order valence-electron chi connectivity index (χ3n) is 10.1. The van der Waals surface area contributed by atoms with E-state index in [4.69, 9.17) is 19.4 Å². The molecule has 10 rings (SSSR count). The molecule has 0 saturated carbocycles. The predicted molar refractivity (Wildman–Crippen MR) is 229 cm³/mol. The second kappa shape index (κ2) is 14.3. The smallest absolute Gasteiger partial charge is 0.164 e. The van der Waals surface area contributed by atoms with Crippen LogP contribution in [0.2, 0.25) is 0 Å². The van der Waals surface area contributed by atoms with Gasteiger partial charge in [-0.05, 0) is 64.7 Å². The van der Waals surface area contributed by atoms with Gasteiger partial charge in [-0.2, -0.15) is 0 Å². The number of fused-ring (bicyclic) bond motifs is 3. The molecule has 8 aromatic carbocycles. The minimum atomic E-state index is 0.609. The Bertz CT molecular complexity index is 2890. The van der Waals surface area contributed by atoms with Gasteiger partial charge in [-0.1, -0.05) is 158 Å². The highest BCUT2D eigenvalue weighted by Crippen LogP contribution is 2.43. The lowest BCUT2D eigenvalue weighted by atomic mass is 9.95. The number of anilines is 3. The Morgan fingerprint density at radius 3 is 1.45 bits per heavy atom. The minimum absolute atomic E-state index is 0.609. The van der Waals surface area contributed by atoms with E-state index in [1.807, 2.05) is 84.9 Å². The zero-order chi connectivity index (χ0) is 37.3. The van der Waals surface area contributed by atoms with E-state index in [1.54, 1.807) is 0 Å². The Labute approximate surface area is 324 Å². The van der Waals surface area contributed by atoms with E-state index < -0.39 is 0 Å². The summed E-state index contributed by atoms with van der Waals surface area (Å²) in [6.07, 6.45) is 0. The molecule has 5 nitrogen and oxygen atoms in total. The Morgan fingerprint density at radius 1 is 0.321 bits per heavy atom. The van der Waals surface area contributed by atoms with Crippen molar-refractivity contribution in [2.75, 3.05) is 4.90 Å². The summed E-state index contributed by atoms with van der Waals surface area (Å²) in [7, 11) is 0. The second-order valence-electron chi connectivity index (χ2n) is 13.6. The molecule has 0 amide bonds. The molecule has 0 atom stereocenters. The molecule has 0 aliphatic rings. The van der Waals surface area contributed by atoms with E-state index in [1.165, 1.54) is 11.1 Å². The largest absolute Gasteiger partial charge is 0.456 e. The molecular formula is C51H34N4O. The van der Waals surface area contributed by atoms with Gasteiger partial charge in [0, 0.05) is 50.6 Å². The lowest BCUT2D eigenvalue weighted by molar-refractivity contribution is 0.669. The summed E-state index contributed by atoms with van der Waals surface area (Å²) >= 11 is 0. The molecule has 2 aromatic heterocycles. The molecule has 0 spiro atoms. The van der Waals surface area contributed by atoms with Gasteiger partial charge >= 0.3 is 0 Å². The van der Waals surface area contributed by atoms with Crippen molar-refractivity contribution >= 4 is 39.0 Å². The molecule has 5 heteroatoms. The number of aromatic nitrogens is 3. The molecule has 0 aliphatic carbocycles. The summed E-state index contributed by atoms with van der Waals surface area (Å²) < 4.78 is 6.69. The number of rotatable bonds is 8. The van der Waals surface area contributed by atoms with E-state index in [-0.39, 0.29) is 0 Å². The summed E-state index contributed by atoms with van der Waals surface area (Å²) in [5, 5.41) is 2.08. The Balaban J connectivity index is 1.10. The van der Waals surface area contributed by atoms with E-state index in [2.05, 4.69) is 126 Å². The van der Waals surface area contributed by atoms with Crippen molar-refractivity contribution in [3.8, 4) is 56.4 Å². The van der Waals surface area contributed by atoms with Crippen LogP contribution >= 0.6 is 0 Å². The zero-order valence-corrected chi connectivity index (χ0v) is 30.3. The molecule has 56 heavy (non-hydrogen) atoms. The van der Waals surface area contributed by atoms with Gasteiger partial charge in [0.1, 0.15) is 11.2 Å². The number of nitrogens with zero attached hydrogens (tertiary/aromatic N) is 4. The van der Waals surface area contributed by atoms with Crippen LogP contribution in [0.1, 0.15) is 0 Å². The Kier molecular flexibility index (Phi) is 8.43. The van der Waals surface area contributed by atoms with Crippen LogP contribution in [0.15, 0.2) is 211 Å². The van der Waals surface area contributed by atoms with Gasteiger partial charge in [0.05, 0.1) is 0 Å². The van der Waals surface area contributed by atoms with E-state index in [0.717, 1.165) is 66.8 Å². The quantitative estimate of drug-likeness (QED) is 0.157. The fourth-order valence-corrected chi connectivity index (χ4v) is 7.48. The summed E-state index contributed by atoms with van der Waals surface area (Å²) in [6.45, 7) is 0. The molecule has 0 unspecified atom stereocenters. The van der Waals surface area contributed by atoms with Crippen LogP contribution in [0.5, 0.6) is 0 Å². The van der Waals surface area contributed by atoms with Crippen molar-refractivity contribution in [2.45, 2.75) is 0 Å². The van der Waals surface area contributed by atoms with Crippen molar-refractivity contribution in [1.29, 1.82) is 0 Å². The van der Waals surface area contributed by atoms with E-state index in [9.17, 15) is 0 Å². The molecule has 10 aromatic rings. The predicted octanol–water partition coefficient (Wildman–Crippen LogP) is 13.6. The molecule has 0 radical (unpaired) electrons. The number of benzene rings is 8. The molecular weight excluding hydrogens is 685 g/mol.